The Bertz CT molecular complexity index is 2010. The Labute approximate surface area is 588 Å². The zero-order valence-electron chi connectivity index (χ0n) is 60.7. The van der Waals surface area contributed by atoms with E-state index < -0.39 is 148 Å². The third-order valence-corrected chi connectivity index (χ3v) is 20.0. The molecule has 3 fully saturated rings. The van der Waals surface area contributed by atoms with Crippen LogP contribution in [0.15, 0.2) is 12.2 Å². The van der Waals surface area contributed by atoms with Gasteiger partial charge in [0, 0.05) is 19.8 Å². The molecule has 3 heterocycles. The van der Waals surface area contributed by atoms with E-state index in [4.69, 9.17) is 28.4 Å². The SMILES string of the molecule is CCCCCCCCCCCCCC/C=C\CCCCCCCCCCCCCCCCCC(=O)NC(COC1OC(CO)C(OC2OC(CO)C(O)C(OC3(C(=O)O)CC(O)C(NC(C)=O)C(C(O)C(O)CO)O3)C2O)C(O)C1O)C(O)CCCCCCCCCCCCCCC. The van der Waals surface area contributed by atoms with Gasteiger partial charge in [0.25, 0.3) is 5.79 Å². The molecule has 0 saturated carbocycles. The molecule has 3 aliphatic rings. The lowest BCUT2D eigenvalue weighted by Crippen LogP contribution is -2.70. The van der Waals surface area contributed by atoms with Crippen molar-refractivity contribution in [3.63, 3.8) is 0 Å². The number of carboxylic acid groups (broad SMARTS) is 1. The minimum atomic E-state index is -3.08. The first kappa shape index (κ1) is 89.7. The quantitative estimate of drug-likeness (QED) is 0.0199. The van der Waals surface area contributed by atoms with Crippen molar-refractivity contribution in [1.29, 1.82) is 0 Å². The second-order valence-electron chi connectivity index (χ2n) is 28.6. The first-order chi connectivity index (χ1) is 47.4. The van der Waals surface area contributed by atoms with E-state index in [-0.39, 0.29) is 18.9 Å². The van der Waals surface area contributed by atoms with E-state index in [2.05, 4.69) is 36.6 Å². The summed E-state index contributed by atoms with van der Waals surface area (Å²) in [7, 11) is 0. The maximum Gasteiger partial charge on any atom is 0.364 e. The monoisotopic (exact) mass is 1400 g/mol. The van der Waals surface area contributed by atoms with E-state index in [9.17, 15) is 75.7 Å². The number of carbonyl (C=O) groups is 3. The van der Waals surface area contributed by atoms with E-state index in [1.807, 2.05) is 0 Å². The van der Waals surface area contributed by atoms with Gasteiger partial charge in [0.1, 0.15) is 67.1 Å². The Kier molecular flexibility index (Phi) is 50.4. The van der Waals surface area contributed by atoms with Crippen LogP contribution in [0, 0.1) is 0 Å². The van der Waals surface area contributed by atoms with Crippen molar-refractivity contribution in [2.45, 2.75) is 420 Å². The molecule has 98 heavy (non-hydrogen) atoms. The smallest absolute Gasteiger partial charge is 0.364 e. The number of nitrogens with one attached hydrogen (secondary N) is 2. The lowest BCUT2D eigenvalue weighted by molar-refractivity contribution is -0.386. The molecule has 3 aliphatic heterocycles. The van der Waals surface area contributed by atoms with Gasteiger partial charge in [-0.1, -0.05) is 264 Å². The number of carboxylic acids is 1. The van der Waals surface area contributed by atoms with Gasteiger partial charge in [-0.2, -0.15) is 0 Å². The van der Waals surface area contributed by atoms with Crippen LogP contribution in [0.4, 0.5) is 0 Å². The van der Waals surface area contributed by atoms with Gasteiger partial charge in [0.15, 0.2) is 12.6 Å². The van der Waals surface area contributed by atoms with Crippen molar-refractivity contribution in [3.8, 4) is 0 Å². The van der Waals surface area contributed by atoms with Crippen LogP contribution in [0.2, 0.25) is 0 Å². The number of ether oxygens (including phenoxy) is 6. The molecule has 18 atom stereocenters. The number of hydrogen-bond donors (Lipinski definition) is 14. The summed E-state index contributed by atoms with van der Waals surface area (Å²) in [4.78, 5) is 38.6. The van der Waals surface area contributed by atoms with Crippen LogP contribution < -0.4 is 10.6 Å². The number of unbranched alkanes of at least 4 members (excludes halogenated alkanes) is 39. The highest BCUT2D eigenvalue weighted by molar-refractivity contribution is 5.77. The Morgan fingerprint density at radius 1 is 0.520 bits per heavy atom. The van der Waals surface area contributed by atoms with E-state index in [0.29, 0.717) is 19.3 Å². The fourth-order valence-electron chi connectivity index (χ4n) is 13.8. The van der Waals surface area contributed by atoms with Crippen molar-refractivity contribution >= 4 is 17.8 Å². The van der Waals surface area contributed by atoms with Gasteiger partial charge in [0.05, 0.1) is 50.7 Å². The van der Waals surface area contributed by atoms with E-state index in [1.54, 1.807) is 0 Å². The number of rotatable bonds is 61. The highest BCUT2D eigenvalue weighted by atomic mass is 16.8. The zero-order chi connectivity index (χ0) is 71.8. The highest BCUT2D eigenvalue weighted by Gasteiger charge is 2.60. The van der Waals surface area contributed by atoms with Crippen LogP contribution in [0.1, 0.15) is 310 Å². The molecule has 0 aliphatic carbocycles. The molecule has 3 saturated heterocycles. The van der Waals surface area contributed by atoms with Crippen molar-refractivity contribution < 1.29 is 104 Å². The lowest BCUT2D eigenvalue weighted by Gasteiger charge is -2.50. The topological polar surface area (TPSA) is 373 Å². The minimum absolute atomic E-state index is 0.227. The Morgan fingerprint density at radius 3 is 1.38 bits per heavy atom. The highest BCUT2D eigenvalue weighted by Crippen LogP contribution is 2.39. The molecular weight excluding hydrogens is 1260 g/mol. The van der Waals surface area contributed by atoms with Crippen LogP contribution in [0.3, 0.4) is 0 Å². The number of carbonyl (C=O) groups excluding carboxylic acids is 2. The van der Waals surface area contributed by atoms with Crippen LogP contribution >= 0.6 is 0 Å². The Morgan fingerprint density at radius 2 is 0.949 bits per heavy atom. The molecular formula is C75H140N2O21. The van der Waals surface area contributed by atoms with Gasteiger partial charge >= 0.3 is 5.97 Å². The van der Waals surface area contributed by atoms with E-state index in [0.717, 1.165) is 58.3 Å². The summed E-state index contributed by atoms with van der Waals surface area (Å²) in [5.41, 5.74) is 0. The van der Waals surface area contributed by atoms with Crippen molar-refractivity contribution in [2.75, 3.05) is 26.4 Å². The summed E-state index contributed by atoms with van der Waals surface area (Å²) in [6.07, 6.45) is 28.0. The summed E-state index contributed by atoms with van der Waals surface area (Å²) in [5, 5.41) is 136. The number of amides is 2. The molecule has 0 bridgehead atoms. The molecule has 18 unspecified atom stereocenters. The average Bonchev–Trinajstić information content (AvgIpc) is 0.757. The number of hydrogen-bond acceptors (Lipinski definition) is 20. The van der Waals surface area contributed by atoms with Crippen molar-refractivity contribution in [1.82, 2.24) is 10.6 Å². The van der Waals surface area contributed by atoms with Crippen LogP contribution in [-0.2, 0) is 42.8 Å². The van der Waals surface area contributed by atoms with Crippen LogP contribution in [0.5, 0.6) is 0 Å². The predicted octanol–water partition coefficient (Wildman–Crippen LogP) is 9.41. The molecule has 0 aromatic heterocycles. The summed E-state index contributed by atoms with van der Waals surface area (Å²) in [6, 6.07) is -2.53. The Balaban J connectivity index is 1.46. The third kappa shape index (κ3) is 35.8. The normalized spacial score (nSPS) is 27.3. The molecule has 576 valence electrons. The maximum absolute atomic E-state index is 13.5. The predicted molar refractivity (Wildman–Crippen MR) is 375 cm³/mol. The first-order valence-corrected chi connectivity index (χ1v) is 39.0. The average molecular weight is 1410 g/mol. The zero-order valence-corrected chi connectivity index (χ0v) is 60.7. The second kappa shape index (κ2) is 55.0. The fourth-order valence-corrected chi connectivity index (χ4v) is 13.8. The number of aliphatic hydroxyl groups is 11. The molecule has 0 aromatic carbocycles. The summed E-state index contributed by atoms with van der Waals surface area (Å²) in [5.74, 6) is -6.09. The second-order valence-corrected chi connectivity index (χ2v) is 28.6. The molecule has 0 spiro atoms. The van der Waals surface area contributed by atoms with Gasteiger partial charge in [-0.25, -0.2) is 4.79 Å². The lowest BCUT2D eigenvalue weighted by atomic mass is 9.88. The summed E-state index contributed by atoms with van der Waals surface area (Å²) in [6.45, 7) is 2.23. The summed E-state index contributed by atoms with van der Waals surface area (Å²) < 4.78 is 34.9. The van der Waals surface area contributed by atoms with E-state index >= 15 is 0 Å². The Hall–Kier alpha value is -2.53. The fraction of sp³-hybridized carbons (Fsp3) is 0.933. The first-order valence-electron chi connectivity index (χ1n) is 39.0. The van der Waals surface area contributed by atoms with Gasteiger partial charge in [-0.15, -0.1) is 0 Å². The molecule has 3 rings (SSSR count). The molecule has 2 amide bonds. The molecule has 0 radical (unpaired) electrons. The van der Waals surface area contributed by atoms with Crippen LogP contribution in [-0.4, -0.2) is 215 Å². The van der Waals surface area contributed by atoms with Gasteiger partial charge in [0.2, 0.25) is 11.8 Å². The molecule has 23 nitrogen and oxygen atoms in total. The minimum Gasteiger partial charge on any atom is -0.477 e. The number of allylic oxidation sites excluding steroid dienone is 2. The van der Waals surface area contributed by atoms with Gasteiger partial charge in [-0.3, -0.25) is 9.59 Å². The molecule has 14 N–H and O–H groups in total. The third-order valence-electron chi connectivity index (χ3n) is 20.0. The van der Waals surface area contributed by atoms with E-state index in [1.165, 1.54) is 205 Å². The van der Waals surface area contributed by atoms with Gasteiger partial charge in [-0.05, 0) is 38.5 Å². The number of aliphatic carboxylic acids is 1. The van der Waals surface area contributed by atoms with Crippen molar-refractivity contribution in [3.05, 3.63) is 12.2 Å². The summed E-state index contributed by atoms with van der Waals surface area (Å²) >= 11 is 0. The molecule has 0 aromatic rings. The number of aliphatic hydroxyl groups excluding tert-OH is 11. The standard InChI is InChI=1S/C75H140N2O21/c1-4-6-8-10-12-14-16-18-19-20-21-22-23-24-25-26-27-28-29-30-31-32-33-34-35-37-39-41-43-45-47-49-62(85)77-56(57(82)48-46-44-42-40-38-36-17-15-13-11-9-7-5-2)54-93-72-67(89)66(88)69(61(53-80)95-72)96-73-68(90)71(65(87)60(52-79)94-73)98-75(74(91)92)50-58(83)63(76-55(3)81)70(97-75)64(86)59(84)51-78/h24-25,56-61,63-73,78-80,82-84,86-90H,4-23,26-54H2,1-3H3,(H,76,81)(H,77,85)(H,91,92)/b25-24-. The molecule has 23 heteroatoms. The van der Waals surface area contributed by atoms with Crippen LogP contribution in [0.25, 0.3) is 0 Å². The largest absolute Gasteiger partial charge is 0.477 e. The maximum atomic E-state index is 13.5. The van der Waals surface area contributed by atoms with Gasteiger partial charge < -0.3 is 100 Å². The van der Waals surface area contributed by atoms with Crippen molar-refractivity contribution in [2.24, 2.45) is 0 Å².